The molecule has 0 saturated carbocycles. The molecule has 0 aliphatic rings. The van der Waals surface area contributed by atoms with Crippen LogP contribution in [0.5, 0.6) is 0 Å². The van der Waals surface area contributed by atoms with Gasteiger partial charge in [0.15, 0.2) is 0 Å². The van der Waals surface area contributed by atoms with Crippen LogP contribution in [0.25, 0.3) is 0 Å². The van der Waals surface area contributed by atoms with Gasteiger partial charge in [0, 0.05) is 23.6 Å². The highest BCUT2D eigenvalue weighted by Crippen LogP contribution is 2.24. The molecule has 0 radical (unpaired) electrons. The van der Waals surface area contributed by atoms with Gasteiger partial charge in [-0.2, -0.15) is 13.2 Å². The molecule has 0 bridgehead atoms. The Morgan fingerprint density at radius 1 is 1.35 bits per heavy atom. The van der Waals surface area contributed by atoms with Crippen molar-refractivity contribution in [1.29, 1.82) is 0 Å². The summed E-state index contributed by atoms with van der Waals surface area (Å²) in [6, 6.07) is 4.38. The van der Waals surface area contributed by atoms with Crippen LogP contribution >= 0.6 is 23.2 Å². The molecule has 2 nitrogen and oxygen atoms in total. The third-order valence-corrected chi connectivity index (χ3v) is 2.60. The van der Waals surface area contributed by atoms with Crippen molar-refractivity contribution >= 4 is 29.1 Å². The van der Waals surface area contributed by atoms with Crippen molar-refractivity contribution < 1.29 is 18.0 Å². The van der Waals surface area contributed by atoms with E-state index in [0.29, 0.717) is 15.5 Å². The van der Waals surface area contributed by atoms with Crippen molar-refractivity contribution in [3.63, 3.8) is 0 Å². The fraction of sp³-hybridized carbons (Fsp3) is 0.300. The minimum absolute atomic E-state index is 0.222. The lowest BCUT2D eigenvalue weighted by Crippen LogP contribution is -2.38. The fourth-order valence-electron chi connectivity index (χ4n) is 1.19. The van der Waals surface area contributed by atoms with E-state index in [2.05, 4.69) is 0 Å². The van der Waals surface area contributed by atoms with Gasteiger partial charge in [0.2, 0.25) is 0 Å². The maximum atomic E-state index is 12.1. The molecule has 17 heavy (non-hydrogen) atoms. The maximum Gasteiger partial charge on any atom is 0.471 e. The number of hydrogen-bond acceptors (Lipinski definition) is 1. The molecule has 0 atom stereocenters. The van der Waals surface area contributed by atoms with Crippen molar-refractivity contribution in [1.82, 2.24) is 4.90 Å². The number of halogens is 5. The van der Waals surface area contributed by atoms with E-state index < -0.39 is 12.1 Å². The van der Waals surface area contributed by atoms with Gasteiger partial charge < -0.3 is 4.90 Å². The normalized spacial score (nSPS) is 11.4. The molecule has 1 amide bonds. The van der Waals surface area contributed by atoms with Gasteiger partial charge in [-0.15, -0.1) is 0 Å². The van der Waals surface area contributed by atoms with Gasteiger partial charge in [-0.1, -0.05) is 29.3 Å². The molecule has 94 valence electrons. The van der Waals surface area contributed by atoms with E-state index in [1.165, 1.54) is 18.2 Å². The second-order valence-corrected chi connectivity index (χ2v) is 4.24. The first-order valence-corrected chi connectivity index (χ1v) is 5.23. The smallest absolute Gasteiger partial charge is 0.334 e. The summed E-state index contributed by atoms with van der Waals surface area (Å²) >= 11 is 11.4. The van der Waals surface area contributed by atoms with Crippen molar-refractivity contribution in [3.8, 4) is 0 Å². The van der Waals surface area contributed by atoms with Crippen LogP contribution in [0.1, 0.15) is 5.56 Å². The Hall–Kier alpha value is -0.940. The molecule has 0 unspecified atom stereocenters. The van der Waals surface area contributed by atoms with Crippen LogP contribution in [-0.4, -0.2) is 24.0 Å². The summed E-state index contributed by atoms with van der Waals surface area (Å²) in [7, 11) is 1.06. The highest BCUT2D eigenvalue weighted by molar-refractivity contribution is 6.35. The number of hydrogen-bond donors (Lipinski definition) is 0. The molecule has 0 N–H and O–H groups in total. The number of carbonyl (C=O) groups is 1. The molecule has 1 rings (SSSR count). The summed E-state index contributed by atoms with van der Waals surface area (Å²) in [4.78, 5) is 11.4. The summed E-state index contributed by atoms with van der Waals surface area (Å²) in [5.41, 5.74) is 0.399. The first-order valence-electron chi connectivity index (χ1n) is 4.48. The third kappa shape index (κ3) is 3.78. The average Bonchev–Trinajstić information content (AvgIpc) is 2.19. The van der Waals surface area contributed by atoms with E-state index >= 15 is 0 Å². The van der Waals surface area contributed by atoms with Crippen LogP contribution in [0.15, 0.2) is 18.2 Å². The van der Waals surface area contributed by atoms with Crippen LogP contribution < -0.4 is 0 Å². The highest BCUT2D eigenvalue weighted by Gasteiger charge is 2.41. The van der Waals surface area contributed by atoms with Crippen LogP contribution in [0, 0.1) is 0 Å². The molecule has 1 aromatic carbocycles. The predicted octanol–water partition coefficient (Wildman–Crippen LogP) is 3.51. The summed E-state index contributed by atoms with van der Waals surface area (Å²) in [6.45, 7) is -0.228. The van der Waals surface area contributed by atoms with Crippen LogP contribution in [0.2, 0.25) is 10.0 Å². The number of alkyl halides is 3. The number of carbonyl (C=O) groups excluding carboxylic acids is 1. The molecule has 0 heterocycles. The van der Waals surface area contributed by atoms with Gasteiger partial charge in [0.05, 0.1) is 0 Å². The topological polar surface area (TPSA) is 20.3 Å². The molecular weight excluding hydrogens is 278 g/mol. The Morgan fingerprint density at radius 2 is 1.94 bits per heavy atom. The molecule has 7 heteroatoms. The Kier molecular flexibility index (Phi) is 4.27. The fourth-order valence-corrected chi connectivity index (χ4v) is 1.66. The van der Waals surface area contributed by atoms with E-state index in [9.17, 15) is 18.0 Å². The minimum Gasteiger partial charge on any atom is -0.334 e. The Bertz CT molecular complexity index is 434. The van der Waals surface area contributed by atoms with Crippen molar-refractivity contribution in [2.75, 3.05) is 7.05 Å². The number of benzene rings is 1. The zero-order chi connectivity index (χ0) is 13.2. The number of rotatable bonds is 2. The van der Waals surface area contributed by atoms with Gasteiger partial charge in [-0.3, -0.25) is 4.79 Å². The van der Waals surface area contributed by atoms with Crippen LogP contribution in [-0.2, 0) is 11.3 Å². The Labute approximate surface area is 106 Å². The van der Waals surface area contributed by atoms with Gasteiger partial charge in [-0.25, -0.2) is 0 Å². The third-order valence-electron chi connectivity index (χ3n) is 2.01. The Balaban J connectivity index is 2.81. The monoisotopic (exact) mass is 285 g/mol. The van der Waals surface area contributed by atoms with E-state index in [1.807, 2.05) is 0 Å². The van der Waals surface area contributed by atoms with Crippen molar-refractivity contribution in [2.24, 2.45) is 0 Å². The van der Waals surface area contributed by atoms with Crippen molar-refractivity contribution in [2.45, 2.75) is 12.7 Å². The maximum absolute atomic E-state index is 12.1. The highest BCUT2D eigenvalue weighted by atomic mass is 35.5. The lowest BCUT2D eigenvalue weighted by molar-refractivity contribution is -0.184. The molecule has 0 saturated heterocycles. The molecule has 1 aromatic rings. The standard InChI is InChI=1S/C10H8Cl2F3NO/c1-16(9(17)10(13,14)15)5-6-2-3-7(11)4-8(6)12/h2-4H,5H2,1H3. The zero-order valence-electron chi connectivity index (χ0n) is 8.68. The molecular formula is C10H8Cl2F3NO. The lowest BCUT2D eigenvalue weighted by atomic mass is 10.2. The van der Waals surface area contributed by atoms with Gasteiger partial charge >= 0.3 is 12.1 Å². The van der Waals surface area contributed by atoms with E-state index in [-0.39, 0.29) is 11.6 Å². The minimum atomic E-state index is -4.88. The summed E-state index contributed by atoms with van der Waals surface area (Å²) < 4.78 is 36.4. The molecule has 0 aliphatic carbocycles. The molecule has 0 fully saturated rings. The lowest BCUT2D eigenvalue weighted by Gasteiger charge is -2.19. The molecule has 0 aromatic heterocycles. The van der Waals surface area contributed by atoms with Crippen molar-refractivity contribution in [3.05, 3.63) is 33.8 Å². The van der Waals surface area contributed by atoms with Crippen LogP contribution in [0.3, 0.4) is 0 Å². The number of amides is 1. The number of nitrogens with zero attached hydrogens (tertiary/aromatic N) is 1. The average molecular weight is 286 g/mol. The largest absolute Gasteiger partial charge is 0.471 e. The van der Waals surface area contributed by atoms with Gasteiger partial charge in [-0.05, 0) is 17.7 Å². The summed E-state index contributed by atoms with van der Waals surface area (Å²) in [5.74, 6) is -1.91. The van der Waals surface area contributed by atoms with Crippen LogP contribution in [0.4, 0.5) is 13.2 Å². The summed E-state index contributed by atoms with van der Waals surface area (Å²) in [5, 5.41) is 0.600. The quantitative estimate of drug-likeness (QED) is 0.814. The van der Waals surface area contributed by atoms with Gasteiger partial charge in [0.25, 0.3) is 0 Å². The first-order chi connectivity index (χ1) is 7.71. The summed E-state index contributed by atoms with van der Waals surface area (Å²) in [6.07, 6.45) is -4.88. The van der Waals surface area contributed by atoms with Gasteiger partial charge in [0.1, 0.15) is 0 Å². The Morgan fingerprint density at radius 3 is 2.41 bits per heavy atom. The SMILES string of the molecule is CN(Cc1ccc(Cl)cc1Cl)C(=O)C(F)(F)F. The molecule has 0 spiro atoms. The molecule has 0 aliphatic heterocycles. The zero-order valence-corrected chi connectivity index (χ0v) is 10.2. The van der Waals surface area contributed by atoms with E-state index in [1.54, 1.807) is 0 Å². The van der Waals surface area contributed by atoms with E-state index in [0.717, 1.165) is 7.05 Å². The second kappa shape index (κ2) is 5.14. The second-order valence-electron chi connectivity index (χ2n) is 3.39. The first kappa shape index (κ1) is 14.1. The van der Waals surface area contributed by atoms with E-state index in [4.69, 9.17) is 23.2 Å². The predicted molar refractivity (Wildman–Crippen MR) is 59.0 cm³/mol.